The SMILES string of the molecule is CCCN(C(=O)c1cc2c(s1)-c1ccc(Cl)cc1S(=O)(=O)C2)c1ccc(F)cc1. The van der Waals surface area contributed by atoms with Gasteiger partial charge in [0.15, 0.2) is 9.84 Å². The molecule has 0 unspecified atom stereocenters. The van der Waals surface area contributed by atoms with E-state index >= 15 is 0 Å². The second kappa shape index (κ2) is 7.55. The summed E-state index contributed by atoms with van der Waals surface area (Å²) in [5.74, 6) is -0.764. The van der Waals surface area contributed by atoms with Gasteiger partial charge < -0.3 is 4.90 Å². The Kier molecular flexibility index (Phi) is 5.23. The molecule has 0 bridgehead atoms. The number of nitrogens with zero attached hydrogens (tertiary/aromatic N) is 1. The standard InChI is InChI=1S/C21H17ClFNO3S2/c1-2-9-24(16-6-4-15(23)5-7-16)21(25)18-10-13-12-29(26,27)19-11-14(22)3-8-17(19)20(13)28-18/h3-8,10-11H,2,9,12H2,1H3. The first-order valence-electron chi connectivity index (χ1n) is 9.03. The molecule has 1 amide bonds. The quantitative estimate of drug-likeness (QED) is 0.524. The average molecular weight is 450 g/mol. The minimum Gasteiger partial charge on any atom is -0.308 e. The normalized spacial score (nSPS) is 14.2. The Labute approximate surface area is 177 Å². The maximum atomic E-state index is 13.3. The van der Waals surface area contributed by atoms with Gasteiger partial charge in [-0.15, -0.1) is 11.3 Å². The number of amides is 1. The van der Waals surface area contributed by atoms with E-state index in [1.54, 1.807) is 35.2 Å². The van der Waals surface area contributed by atoms with Crippen LogP contribution in [-0.4, -0.2) is 20.9 Å². The van der Waals surface area contributed by atoms with Crippen molar-refractivity contribution in [3.05, 3.63) is 69.8 Å². The molecule has 0 saturated heterocycles. The molecule has 0 N–H and O–H groups in total. The molecule has 2 heterocycles. The lowest BCUT2D eigenvalue weighted by Gasteiger charge is -2.21. The number of carbonyl (C=O) groups is 1. The number of sulfone groups is 1. The first kappa shape index (κ1) is 20.1. The van der Waals surface area contributed by atoms with E-state index in [1.165, 1.54) is 29.5 Å². The van der Waals surface area contributed by atoms with Gasteiger partial charge in [-0.25, -0.2) is 12.8 Å². The monoisotopic (exact) mass is 449 g/mol. The molecule has 29 heavy (non-hydrogen) atoms. The number of benzene rings is 2. The van der Waals surface area contributed by atoms with Gasteiger partial charge >= 0.3 is 0 Å². The van der Waals surface area contributed by atoms with Crippen molar-refractivity contribution in [3.8, 4) is 10.4 Å². The van der Waals surface area contributed by atoms with Gasteiger partial charge in [0.2, 0.25) is 0 Å². The Hall–Kier alpha value is -2.22. The number of hydrogen-bond acceptors (Lipinski definition) is 4. The summed E-state index contributed by atoms with van der Waals surface area (Å²) >= 11 is 7.27. The predicted octanol–water partition coefficient (Wildman–Crippen LogP) is 5.55. The Morgan fingerprint density at radius 1 is 1.17 bits per heavy atom. The van der Waals surface area contributed by atoms with E-state index in [4.69, 9.17) is 11.6 Å². The topological polar surface area (TPSA) is 54.5 Å². The van der Waals surface area contributed by atoms with Crippen LogP contribution < -0.4 is 4.90 Å². The van der Waals surface area contributed by atoms with Crippen LogP contribution in [0.4, 0.5) is 10.1 Å². The fraction of sp³-hybridized carbons (Fsp3) is 0.190. The summed E-state index contributed by atoms with van der Waals surface area (Å²) in [6.45, 7) is 2.42. The largest absolute Gasteiger partial charge is 0.308 e. The molecule has 0 radical (unpaired) electrons. The highest BCUT2D eigenvalue weighted by molar-refractivity contribution is 7.91. The summed E-state index contributed by atoms with van der Waals surface area (Å²) < 4.78 is 38.6. The van der Waals surface area contributed by atoms with Crippen LogP contribution >= 0.6 is 22.9 Å². The highest BCUT2D eigenvalue weighted by atomic mass is 35.5. The summed E-state index contributed by atoms with van der Waals surface area (Å²) in [6, 6.07) is 12.2. The molecule has 1 aliphatic heterocycles. The first-order chi connectivity index (χ1) is 13.8. The van der Waals surface area contributed by atoms with Gasteiger partial charge in [-0.05, 0) is 54.4 Å². The van der Waals surface area contributed by atoms with Crippen molar-refractivity contribution in [1.82, 2.24) is 0 Å². The number of anilines is 1. The fourth-order valence-electron chi connectivity index (χ4n) is 3.42. The molecule has 0 saturated carbocycles. The van der Waals surface area contributed by atoms with Crippen LogP contribution in [0.1, 0.15) is 28.6 Å². The zero-order chi connectivity index (χ0) is 20.8. The predicted molar refractivity (Wildman–Crippen MR) is 114 cm³/mol. The number of thiophene rings is 1. The van der Waals surface area contributed by atoms with E-state index < -0.39 is 9.84 Å². The van der Waals surface area contributed by atoms with Gasteiger partial charge in [-0.1, -0.05) is 24.6 Å². The molecule has 0 atom stereocenters. The Bertz CT molecular complexity index is 1200. The molecule has 150 valence electrons. The highest BCUT2D eigenvalue weighted by Gasteiger charge is 2.32. The molecule has 0 aliphatic carbocycles. The molecule has 8 heteroatoms. The van der Waals surface area contributed by atoms with Gasteiger partial charge in [-0.2, -0.15) is 0 Å². The Balaban J connectivity index is 1.77. The average Bonchev–Trinajstić information content (AvgIpc) is 3.10. The lowest BCUT2D eigenvalue weighted by Crippen LogP contribution is -2.31. The number of halogens is 2. The maximum Gasteiger partial charge on any atom is 0.268 e. The molecular formula is C21H17ClFNO3S2. The third kappa shape index (κ3) is 3.70. The van der Waals surface area contributed by atoms with Crippen molar-refractivity contribution in [2.45, 2.75) is 24.0 Å². The molecule has 2 aromatic carbocycles. The molecule has 1 aliphatic rings. The zero-order valence-electron chi connectivity index (χ0n) is 15.5. The summed E-state index contributed by atoms with van der Waals surface area (Å²) in [5.41, 5.74) is 1.79. The van der Waals surface area contributed by atoms with Crippen LogP contribution in [0.2, 0.25) is 5.02 Å². The van der Waals surface area contributed by atoms with Crippen LogP contribution in [0.15, 0.2) is 53.4 Å². The van der Waals surface area contributed by atoms with Crippen molar-refractivity contribution in [2.24, 2.45) is 0 Å². The molecule has 4 nitrogen and oxygen atoms in total. The van der Waals surface area contributed by atoms with Crippen LogP contribution in [0.25, 0.3) is 10.4 Å². The van der Waals surface area contributed by atoms with Crippen LogP contribution in [-0.2, 0) is 15.6 Å². The second-order valence-electron chi connectivity index (χ2n) is 6.80. The fourth-order valence-corrected chi connectivity index (χ4v) is 6.58. The highest BCUT2D eigenvalue weighted by Crippen LogP contribution is 2.44. The maximum absolute atomic E-state index is 13.3. The molecular weight excluding hydrogens is 433 g/mol. The molecule has 4 rings (SSSR count). The Morgan fingerprint density at radius 3 is 2.59 bits per heavy atom. The number of rotatable bonds is 4. The van der Waals surface area contributed by atoms with Gasteiger partial charge in [-0.3, -0.25) is 4.79 Å². The van der Waals surface area contributed by atoms with Gasteiger partial charge in [0.25, 0.3) is 5.91 Å². The van der Waals surface area contributed by atoms with E-state index in [1.807, 2.05) is 6.92 Å². The number of fused-ring (bicyclic) bond motifs is 3. The van der Waals surface area contributed by atoms with E-state index in [0.29, 0.717) is 33.3 Å². The lowest BCUT2D eigenvalue weighted by molar-refractivity contribution is 0.0990. The summed E-state index contributed by atoms with van der Waals surface area (Å²) in [4.78, 5) is 16.2. The van der Waals surface area contributed by atoms with Crippen LogP contribution in [0.5, 0.6) is 0 Å². The molecule has 1 aromatic heterocycles. The summed E-state index contributed by atoms with van der Waals surface area (Å²) in [5, 5.41) is 0.356. The zero-order valence-corrected chi connectivity index (χ0v) is 17.9. The van der Waals surface area contributed by atoms with Crippen molar-refractivity contribution >= 4 is 44.4 Å². The van der Waals surface area contributed by atoms with Gasteiger partial charge in [0.1, 0.15) is 5.82 Å². The van der Waals surface area contributed by atoms with Crippen molar-refractivity contribution < 1.29 is 17.6 Å². The summed E-state index contributed by atoms with van der Waals surface area (Å²) in [7, 11) is -3.52. The molecule has 3 aromatic rings. The van der Waals surface area contributed by atoms with E-state index in [2.05, 4.69) is 0 Å². The van der Waals surface area contributed by atoms with E-state index in [9.17, 15) is 17.6 Å². The molecule has 0 spiro atoms. The van der Waals surface area contributed by atoms with Gasteiger partial charge in [0, 0.05) is 27.7 Å². The van der Waals surface area contributed by atoms with Crippen molar-refractivity contribution in [1.29, 1.82) is 0 Å². The third-order valence-corrected chi connectivity index (χ3v) is 7.85. The minimum atomic E-state index is -3.52. The number of carbonyl (C=O) groups excluding carboxylic acids is 1. The van der Waals surface area contributed by atoms with Crippen molar-refractivity contribution in [2.75, 3.05) is 11.4 Å². The van der Waals surface area contributed by atoms with Crippen molar-refractivity contribution in [3.63, 3.8) is 0 Å². The van der Waals surface area contributed by atoms with Crippen LogP contribution in [0.3, 0.4) is 0 Å². The minimum absolute atomic E-state index is 0.163. The Morgan fingerprint density at radius 2 is 1.90 bits per heavy atom. The first-order valence-corrected chi connectivity index (χ1v) is 11.9. The lowest BCUT2D eigenvalue weighted by atomic mass is 10.1. The van der Waals surface area contributed by atoms with E-state index in [-0.39, 0.29) is 22.4 Å². The number of hydrogen-bond donors (Lipinski definition) is 0. The van der Waals surface area contributed by atoms with Gasteiger partial charge in [0.05, 0.1) is 15.5 Å². The van der Waals surface area contributed by atoms with E-state index in [0.717, 1.165) is 11.3 Å². The molecule has 0 fully saturated rings. The second-order valence-corrected chi connectivity index (χ2v) is 10.2. The van der Waals surface area contributed by atoms with Crippen LogP contribution in [0, 0.1) is 5.82 Å². The smallest absolute Gasteiger partial charge is 0.268 e. The summed E-state index contributed by atoms with van der Waals surface area (Å²) in [6.07, 6.45) is 0.726. The third-order valence-electron chi connectivity index (χ3n) is 4.72.